The highest BCUT2D eigenvalue weighted by Crippen LogP contribution is 2.73. The lowest BCUT2D eigenvalue weighted by molar-refractivity contribution is -0.192. The lowest BCUT2D eigenvalue weighted by atomic mass is 9.40. The second-order valence-electron chi connectivity index (χ2n) is 10.2. The van der Waals surface area contributed by atoms with Crippen molar-refractivity contribution >= 4 is 5.97 Å². The molecule has 4 rings (SSSR count). The molecule has 4 aliphatic carbocycles. The zero-order valence-electron chi connectivity index (χ0n) is 16.7. The lowest BCUT2D eigenvalue weighted by Crippen LogP contribution is -2.60. The van der Waals surface area contributed by atoms with Crippen molar-refractivity contribution in [3.8, 4) is 0 Å². The highest BCUT2D eigenvalue weighted by molar-refractivity contribution is 5.75. The maximum absolute atomic E-state index is 12.1. The second kappa shape index (κ2) is 6.18. The average Bonchev–Trinajstić information content (AvgIpc) is 2.80. The number of fused-ring (bicyclic) bond motifs is 3. The van der Waals surface area contributed by atoms with Gasteiger partial charge in [0.15, 0.2) is 0 Å². The van der Waals surface area contributed by atoms with Crippen molar-refractivity contribution in [3.63, 3.8) is 0 Å². The van der Waals surface area contributed by atoms with Gasteiger partial charge >= 0.3 is 5.97 Å². The van der Waals surface area contributed by atoms with Gasteiger partial charge in [0, 0.05) is 12.5 Å². The van der Waals surface area contributed by atoms with Gasteiger partial charge in [-0.2, -0.15) is 0 Å². The third-order valence-electron chi connectivity index (χ3n) is 9.25. The minimum Gasteiger partial charge on any atom is -0.481 e. The molecule has 2 bridgehead atoms. The quantitative estimate of drug-likeness (QED) is 0.570. The molecular weight excluding hydrogens is 332 g/mol. The molecule has 4 N–H and O–H groups in total. The summed E-state index contributed by atoms with van der Waals surface area (Å²) in [4.78, 5) is 12.1. The molecule has 150 valence electrons. The number of aliphatic hydroxyl groups excluding tert-OH is 3. The van der Waals surface area contributed by atoms with E-state index in [9.17, 15) is 20.1 Å². The summed E-state index contributed by atoms with van der Waals surface area (Å²) in [6.45, 7) is 6.29. The number of rotatable bonds is 1. The second-order valence-corrected chi connectivity index (χ2v) is 10.2. The van der Waals surface area contributed by atoms with Crippen LogP contribution in [0.2, 0.25) is 0 Å². The topological polar surface area (TPSA) is 98.0 Å². The van der Waals surface area contributed by atoms with Crippen LogP contribution in [-0.4, -0.2) is 45.7 Å². The number of hydrogen-bond donors (Lipinski definition) is 4. The number of carbonyl (C=O) groups is 1. The maximum atomic E-state index is 12.1. The molecular formula is C21H36O5. The fraction of sp³-hybridized carbons (Fsp3) is 0.952. The first-order chi connectivity index (χ1) is 12.1. The lowest BCUT2D eigenvalue weighted by Gasteiger charge is -2.64. The van der Waals surface area contributed by atoms with E-state index in [0.717, 1.165) is 58.5 Å². The summed E-state index contributed by atoms with van der Waals surface area (Å²) in [5.41, 5.74) is -0.937. The van der Waals surface area contributed by atoms with Crippen molar-refractivity contribution < 1.29 is 25.2 Å². The molecule has 5 nitrogen and oxygen atoms in total. The number of aliphatic hydroxyl groups is 3. The number of hydrogen-bond acceptors (Lipinski definition) is 4. The van der Waals surface area contributed by atoms with Gasteiger partial charge in [0.1, 0.15) is 0 Å². The summed E-state index contributed by atoms with van der Waals surface area (Å²) >= 11 is 0. The molecule has 5 heteroatoms. The Kier molecular flexibility index (Phi) is 4.78. The maximum Gasteiger partial charge on any atom is 0.309 e. The predicted molar refractivity (Wildman–Crippen MR) is 98.5 cm³/mol. The van der Waals surface area contributed by atoms with Gasteiger partial charge in [-0.15, -0.1) is 0 Å². The van der Waals surface area contributed by atoms with Gasteiger partial charge < -0.3 is 20.4 Å². The molecule has 4 fully saturated rings. The molecule has 8 atom stereocenters. The summed E-state index contributed by atoms with van der Waals surface area (Å²) in [7, 11) is 1.00. The summed E-state index contributed by atoms with van der Waals surface area (Å²) < 4.78 is 0. The van der Waals surface area contributed by atoms with E-state index in [-0.39, 0.29) is 22.2 Å². The monoisotopic (exact) mass is 368 g/mol. The third kappa shape index (κ3) is 2.36. The van der Waals surface area contributed by atoms with Crippen LogP contribution in [0.4, 0.5) is 0 Å². The van der Waals surface area contributed by atoms with E-state index in [1.807, 2.05) is 13.8 Å². The zero-order chi connectivity index (χ0) is 19.5. The Morgan fingerprint density at radius 1 is 0.923 bits per heavy atom. The summed E-state index contributed by atoms with van der Waals surface area (Å²) in [6.07, 6.45) is 6.28. The van der Waals surface area contributed by atoms with E-state index in [1.54, 1.807) is 0 Å². The molecule has 0 aromatic rings. The van der Waals surface area contributed by atoms with Crippen LogP contribution in [0.1, 0.15) is 72.1 Å². The smallest absolute Gasteiger partial charge is 0.309 e. The molecule has 0 heterocycles. The Bertz CT molecular complexity index is 579. The van der Waals surface area contributed by atoms with Gasteiger partial charge in [0.25, 0.3) is 0 Å². The van der Waals surface area contributed by atoms with Crippen molar-refractivity contribution in [2.24, 2.45) is 33.5 Å². The number of carboxylic acid groups (broad SMARTS) is 1. The number of carboxylic acids is 1. The molecule has 26 heavy (non-hydrogen) atoms. The fourth-order valence-corrected chi connectivity index (χ4v) is 7.91. The average molecular weight is 369 g/mol. The van der Waals surface area contributed by atoms with Crippen molar-refractivity contribution in [1.82, 2.24) is 0 Å². The molecule has 0 aromatic heterocycles. The molecule has 0 saturated heterocycles. The predicted octanol–water partition coefficient (Wildman–Crippen LogP) is 2.81. The molecule has 0 radical (unpaired) electrons. The molecule has 0 aliphatic heterocycles. The van der Waals surface area contributed by atoms with E-state index >= 15 is 0 Å². The first-order valence-corrected chi connectivity index (χ1v) is 10.1. The van der Waals surface area contributed by atoms with Crippen LogP contribution < -0.4 is 0 Å². The molecule has 0 amide bonds. The molecule has 1 spiro atoms. The molecule has 0 unspecified atom stereocenters. The largest absolute Gasteiger partial charge is 0.481 e. The Hall–Kier alpha value is -0.650. The third-order valence-corrected chi connectivity index (χ3v) is 9.25. The van der Waals surface area contributed by atoms with Crippen LogP contribution in [-0.2, 0) is 4.79 Å². The summed E-state index contributed by atoms with van der Waals surface area (Å²) in [5, 5.41) is 38.4. The van der Waals surface area contributed by atoms with E-state index in [2.05, 4.69) is 6.92 Å². The minimum atomic E-state index is -0.651. The van der Waals surface area contributed by atoms with Crippen LogP contribution in [0.25, 0.3) is 0 Å². The molecule has 4 aliphatic rings. The van der Waals surface area contributed by atoms with Crippen LogP contribution in [0.15, 0.2) is 0 Å². The van der Waals surface area contributed by atoms with Crippen molar-refractivity contribution in [1.29, 1.82) is 0 Å². The Balaban J connectivity index is 0.000000948. The first kappa shape index (κ1) is 20.1. The van der Waals surface area contributed by atoms with Crippen molar-refractivity contribution in [2.75, 3.05) is 7.11 Å². The van der Waals surface area contributed by atoms with Crippen LogP contribution in [0, 0.1) is 33.5 Å². The standard InChI is InChI=1S/C20H32O4.CH4O/c1-17-6-4-7-18(2,16(23)24)12(17)5-8-20-10-15(22)19(3,11-20)14(21)9-13(17)20;1-2/h12-15,21-22H,4-11H2,1-3H3,(H,23,24);2H,1H3/t12-,13-,14+,15+,17+,18+,19+,20-;/m0./s1. The van der Waals surface area contributed by atoms with E-state index in [1.165, 1.54) is 0 Å². The molecule has 4 saturated carbocycles. The Morgan fingerprint density at radius 2 is 1.58 bits per heavy atom. The SMILES string of the molecule is CO.C[C@@]12C[C@]3(CC[C@H]4[C@@](C)(CCC[C@@]4(C)C(=O)O)[C@@H]3C[C@H]1O)C[C@H]2O. The summed E-state index contributed by atoms with van der Waals surface area (Å²) in [6, 6.07) is 0. The van der Waals surface area contributed by atoms with Gasteiger partial charge in [-0.05, 0) is 74.5 Å². The van der Waals surface area contributed by atoms with Gasteiger partial charge in [-0.3, -0.25) is 4.79 Å². The fourth-order valence-electron chi connectivity index (χ4n) is 7.91. The minimum absolute atomic E-state index is 0.0317. The van der Waals surface area contributed by atoms with Gasteiger partial charge in [-0.1, -0.05) is 20.3 Å². The highest BCUT2D eigenvalue weighted by Gasteiger charge is 2.69. The Labute approximate surface area is 156 Å². The van der Waals surface area contributed by atoms with Crippen molar-refractivity contribution in [2.45, 2.75) is 84.3 Å². The summed E-state index contributed by atoms with van der Waals surface area (Å²) in [5.74, 6) is -0.133. The normalized spacial score (nSPS) is 55.2. The van der Waals surface area contributed by atoms with Gasteiger partial charge in [-0.25, -0.2) is 0 Å². The number of aliphatic carboxylic acids is 1. The van der Waals surface area contributed by atoms with E-state index in [4.69, 9.17) is 5.11 Å². The van der Waals surface area contributed by atoms with Gasteiger partial charge in [0.2, 0.25) is 0 Å². The van der Waals surface area contributed by atoms with Crippen LogP contribution in [0.5, 0.6) is 0 Å². The van der Waals surface area contributed by atoms with Crippen LogP contribution in [0.3, 0.4) is 0 Å². The Morgan fingerprint density at radius 3 is 2.19 bits per heavy atom. The first-order valence-electron chi connectivity index (χ1n) is 10.1. The van der Waals surface area contributed by atoms with Gasteiger partial charge in [0.05, 0.1) is 17.6 Å². The van der Waals surface area contributed by atoms with E-state index < -0.39 is 23.6 Å². The van der Waals surface area contributed by atoms with Crippen molar-refractivity contribution in [3.05, 3.63) is 0 Å². The zero-order valence-corrected chi connectivity index (χ0v) is 16.7. The van der Waals surface area contributed by atoms with Crippen LogP contribution >= 0.6 is 0 Å². The highest BCUT2D eigenvalue weighted by atomic mass is 16.4. The molecule has 0 aromatic carbocycles. The van der Waals surface area contributed by atoms with E-state index in [0.29, 0.717) is 5.92 Å².